The van der Waals surface area contributed by atoms with E-state index in [1.165, 1.54) is 0 Å². The molecule has 1 aliphatic heterocycles. The highest BCUT2D eigenvalue weighted by atomic mass is 79.9. The molecule has 1 amide bonds. The number of carbonyl (C=O) groups is 1. The molecule has 0 saturated carbocycles. The third kappa shape index (κ3) is 2.12. The second-order valence-electron chi connectivity index (χ2n) is 5.46. The fourth-order valence-electron chi connectivity index (χ4n) is 2.78. The lowest BCUT2D eigenvalue weighted by Gasteiger charge is -2.32. The molecule has 22 heavy (non-hydrogen) atoms. The Kier molecular flexibility index (Phi) is 3.04. The summed E-state index contributed by atoms with van der Waals surface area (Å²) in [5.41, 5.74) is 2.13. The Labute approximate surface area is 134 Å². The third-order valence-electron chi connectivity index (χ3n) is 3.95. The highest BCUT2D eigenvalue weighted by Gasteiger charge is 2.30. The van der Waals surface area contributed by atoms with Gasteiger partial charge in [-0.15, -0.1) is 0 Å². The van der Waals surface area contributed by atoms with Gasteiger partial charge >= 0.3 is 0 Å². The average molecular weight is 361 g/mol. The van der Waals surface area contributed by atoms with E-state index in [4.69, 9.17) is 4.42 Å². The van der Waals surface area contributed by atoms with Crippen molar-refractivity contribution >= 4 is 27.5 Å². The molecule has 0 saturated heterocycles. The fraction of sp³-hybridized carbons (Fsp3) is 0.267. The Balaban J connectivity index is 1.68. The molecule has 0 fully saturated rings. The largest absolute Gasteiger partial charge is 0.469 e. The van der Waals surface area contributed by atoms with Gasteiger partial charge in [0.1, 0.15) is 5.76 Å². The summed E-state index contributed by atoms with van der Waals surface area (Å²) < 4.78 is 7.87. The number of rotatable bonds is 1. The number of halogens is 1. The number of aromatic nitrogens is 3. The summed E-state index contributed by atoms with van der Waals surface area (Å²) in [7, 11) is 0. The molecule has 4 rings (SSSR count). The van der Waals surface area contributed by atoms with Gasteiger partial charge in [-0.25, -0.2) is 9.50 Å². The van der Waals surface area contributed by atoms with Crippen LogP contribution >= 0.6 is 15.9 Å². The van der Waals surface area contributed by atoms with Gasteiger partial charge in [0.05, 0.1) is 10.7 Å². The Morgan fingerprint density at radius 2 is 2.36 bits per heavy atom. The summed E-state index contributed by atoms with van der Waals surface area (Å²) in [6.07, 6.45) is 5.88. The van der Waals surface area contributed by atoms with E-state index in [-0.39, 0.29) is 11.9 Å². The number of hydrogen-bond donors (Lipinski definition) is 0. The fourth-order valence-corrected chi connectivity index (χ4v) is 3.08. The predicted octanol–water partition coefficient (Wildman–Crippen LogP) is 2.67. The highest BCUT2D eigenvalue weighted by Crippen LogP contribution is 2.25. The van der Waals surface area contributed by atoms with Crippen molar-refractivity contribution in [3.8, 4) is 0 Å². The minimum absolute atomic E-state index is 0.0793. The van der Waals surface area contributed by atoms with Gasteiger partial charge in [-0.1, -0.05) is 0 Å². The smallest absolute Gasteiger partial charge is 0.275 e. The van der Waals surface area contributed by atoms with E-state index in [1.54, 1.807) is 29.2 Å². The monoisotopic (exact) mass is 360 g/mol. The Morgan fingerprint density at radius 1 is 1.50 bits per heavy atom. The molecular formula is C15H13BrN4O2. The van der Waals surface area contributed by atoms with Gasteiger partial charge in [0, 0.05) is 43.0 Å². The molecule has 3 aromatic heterocycles. The molecule has 0 N–H and O–H groups in total. The van der Waals surface area contributed by atoms with Crippen molar-refractivity contribution in [1.82, 2.24) is 19.5 Å². The first kappa shape index (κ1) is 13.5. The maximum Gasteiger partial charge on any atom is 0.275 e. The molecule has 1 aliphatic rings. The van der Waals surface area contributed by atoms with E-state index in [0.29, 0.717) is 17.9 Å². The van der Waals surface area contributed by atoms with E-state index >= 15 is 0 Å². The Morgan fingerprint density at radius 3 is 3.23 bits per heavy atom. The van der Waals surface area contributed by atoms with E-state index < -0.39 is 0 Å². The highest BCUT2D eigenvalue weighted by molar-refractivity contribution is 9.10. The van der Waals surface area contributed by atoms with Crippen LogP contribution in [0.15, 0.2) is 39.7 Å². The molecule has 0 spiro atoms. The lowest BCUT2D eigenvalue weighted by atomic mass is 10.0. The quantitative estimate of drug-likeness (QED) is 0.669. The maximum absolute atomic E-state index is 12.8. The Hall–Kier alpha value is -2.15. The van der Waals surface area contributed by atoms with E-state index in [2.05, 4.69) is 26.0 Å². The zero-order valence-corrected chi connectivity index (χ0v) is 13.4. The minimum atomic E-state index is -0.0824. The molecule has 0 aromatic carbocycles. The normalized spacial score (nSPS) is 17.7. The van der Waals surface area contributed by atoms with Crippen LogP contribution in [0, 0.1) is 0 Å². The molecule has 6 nitrogen and oxygen atoms in total. The van der Waals surface area contributed by atoms with E-state index in [0.717, 1.165) is 22.2 Å². The average Bonchev–Trinajstić information content (AvgIpc) is 3.10. The SMILES string of the molecule is CC1Cc2occc2CN1C(=O)c1cc2ncc(Br)cn2n1. The molecule has 0 bridgehead atoms. The van der Waals surface area contributed by atoms with Crippen molar-refractivity contribution in [1.29, 1.82) is 0 Å². The molecule has 1 atom stereocenters. The molecule has 112 valence electrons. The zero-order chi connectivity index (χ0) is 15.3. The number of carbonyl (C=O) groups excluding carboxylic acids is 1. The molecule has 3 aromatic rings. The summed E-state index contributed by atoms with van der Waals surface area (Å²) in [5, 5.41) is 4.34. The van der Waals surface area contributed by atoms with Gasteiger partial charge in [-0.3, -0.25) is 4.79 Å². The first-order valence-corrected chi connectivity index (χ1v) is 7.78. The molecule has 0 aliphatic carbocycles. The summed E-state index contributed by atoms with van der Waals surface area (Å²) in [6, 6.07) is 3.71. The van der Waals surface area contributed by atoms with Crippen LogP contribution in [0.25, 0.3) is 5.65 Å². The van der Waals surface area contributed by atoms with Crippen molar-refractivity contribution in [2.75, 3.05) is 0 Å². The number of furan rings is 1. The van der Waals surface area contributed by atoms with Crippen LogP contribution in [-0.4, -0.2) is 31.4 Å². The molecular weight excluding hydrogens is 348 g/mol. The van der Waals surface area contributed by atoms with Crippen LogP contribution < -0.4 is 0 Å². The topological polar surface area (TPSA) is 63.6 Å². The summed E-state index contributed by atoms with van der Waals surface area (Å²) in [6.45, 7) is 2.57. The van der Waals surface area contributed by atoms with Crippen molar-refractivity contribution in [3.63, 3.8) is 0 Å². The predicted molar refractivity (Wildman–Crippen MR) is 82.4 cm³/mol. The van der Waals surface area contributed by atoms with E-state index in [9.17, 15) is 4.79 Å². The second kappa shape index (κ2) is 4.95. The Bertz CT molecular complexity index is 869. The van der Waals surface area contributed by atoms with Crippen molar-refractivity contribution in [2.24, 2.45) is 0 Å². The van der Waals surface area contributed by atoms with Gasteiger partial charge < -0.3 is 9.32 Å². The standard InChI is InChI=1S/C15H13BrN4O2/c1-9-4-13-10(2-3-22-13)7-19(9)15(21)12-5-14-17-6-11(16)8-20(14)18-12/h2-3,5-6,8-9H,4,7H2,1H3. The maximum atomic E-state index is 12.8. The number of fused-ring (bicyclic) bond motifs is 2. The summed E-state index contributed by atoms with van der Waals surface area (Å²) in [4.78, 5) is 18.8. The number of amides is 1. The van der Waals surface area contributed by atoms with Gasteiger partial charge in [0.15, 0.2) is 11.3 Å². The first-order valence-electron chi connectivity index (χ1n) is 6.99. The van der Waals surface area contributed by atoms with Gasteiger partial charge in [0.2, 0.25) is 0 Å². The summed E-state index contributed by atoms with van der Waals surface area (Å²) in [5.74, 6) is 0.887. The zero-order valence-electron chi connectivity index (χ0n) is 11.9. The van der Waals surface area contributed by atoms with E-state index in [1.807, 2.05) is 17.9 Å². The van der Waals surface area contributed by atoms with Gasteiger partial charge in [-0.05, 0) is 28.9 Å². The molecule has 7 heteroatoms. The van der Waals surface area contributed by atoms with Crippen molar-refractivity contribution < 1.29 is 9.21 Å². The minimum Gasteiger partial charge on any atom is -0.469 e. The van der Waals surface area contributed by atoms with Crippen LogP contribution in [0.4, 0.5) is 0 Å². The van der Waals surface area contributed by atoms with Crippen molar-refractivity contribution in [3.05, 3.63) is 52.3 Å². The first-order chi connectivity index (χ1) is 10.6. The third-order valence-corrected chi connectivity index (χ3v) is 4.36. The summed E-state index contributed by atoms with van der Waals surface area (Å²) >= 11 is 3.35. The molecule has 4 heterocycles. The van der Waals surface area contributed by atoms with Crippen LogP contribution in [0.2, 0.25) is 0 Å². The lowest BCUT2D eigenvalue weighted by Crippen LogP contribution is -2.42. The van der Waals surface area contributed by atoms with Crippen LogP contribution in [0.5, 0.6) is 0 Å². The van der Waals surface area contributed by atoms with Crippen LogP contribution in [0.3, 0.4) is 0 Å². The molecule has 1 unspecified atom stereocenters. The van der Waals surface area contributed by atoms with Gasteiger partial charge in [-0.2, -0.15) is 5.10 Å². The van der Waals surface area contributed by atoms with Crippen LogP contribution in [-0.2, 0) is 13.0 Å². The van der Waals surface area contributed by atoms with Crippen LogP contribution in [0.1, 0.15) is 28.7 Å². The lowest BCUT2D eigenvalue weighted by molar-refractivity contribution is 0.0643. The van der Waals surface area contributed by atoms with Crippen molar-refractivity contribution in [2.45, 2.75) is 25.9 Å². The number of nitrogens with zero attached hydrogens (tertiary/aromatic N) is 4. The molecule has 0 radical (unpaired) electrons. The second-order valence-corrected chi connectivity index (χ2v) is 6.38. The number of hydrogen-bond acceptors (Lipinski definition) is 4. The van der Waals surface area contributed by atoms with Gasteiger partial charge in [0.25, 0.3) is 5.91 Å².